The molecule has 2 aromatic carbocycles. The largest absolute Gasteiger partial charge is 0.346 e. The van der Waals surface area contributed by atoms with Crippen molar-refractivity contribution in [1.82, 2.24) is 4.67 Å². The van der Waals surface area contributed by atoms with Gasteiger partial charge in [0.1, 0.15) is 0 Å². The van der Waals surface area contributed by atoms with E-state index in [1.165, 1.54) is 11.3 Å². The number of fused-ring (bicyclic) bond motifs is 1. The van der Waals surface area contributed by atoms with Gasteiger partial charge in [-0.2, -0.15) is 9.88 Å². The van der Waals surface area contributed by atoms with Gasteiger partial charge in [-0.3, -0.25) is 4.57 Å². The van der Waals surface area contributed by atoms with Crippen molar-refractivity contribution in [3.8, 4) is 0 Å². The summed E-state index contributed by atoms with van der Waals surface area (Å²) in [5, 5.41) is 5.58. The van der Waals surface area contributed by atoms with Crippen LogP contribution in [0.15, 0.2) is 70.7 Å². The number of hydrogen-bond acceptors (Lipinski definition) is 3. The Hall–Kier alpha value is -2.36. The van der Waals surface area contributed by atoms with Crippen LogP contribution in [0, 0.1) is 0 Å². The Labute approximate surface area is 172 Å². The van der Waals surface area contributed by atoms with E-state index >= 15 is 0 Å². The first kappa shape index (κ1) is 18.7. The molecular formula is C23H27N4OP. The van der Waals surface area contributed by atoms with Crippen molar-refractivity contribution < 1.29 is 4.57 Å². The molecule has 0 amide bonds. The molecule has 29 heavy (non-hydrogen) atoms. The van der Waals surface area contributed by atoms with Crippen molar-refractivity contribution in [2.75, 3.05) is 29.8 Å². The Morgan fingerprint density at radius 3 is 2.31 bits per heavy atom. The van der Waals surface area contributed by atoms with Crippen molar-refractivity contribution >= 4 is 25.0 Å². The number of anilines is 2. The zero-order valence-corrected chi connectivity index (χ0v) is 18.1. The molecule has 3 heterocycles. The highest BCUT2D eigenvalue weighted by atomic mass is 31.2. The first-order valence-electron chi connectivity index (χ1n) is 10.3. The highest BCUT2D eigenvalue weighted by molar-refractivity contribution is 7.69. The van der Waals surface area contributed by atoms with Crippen LogP contribution >= 0.6 is 7.44 Å². The number of rotatable bonds is 2. The maximum absolute atomic E-state index is 14.9. The summed E-state index contributed by atoms with van der Waals surface area (Å²) in [6.45, 7) is 6.14. The Kier molecular flexibility index (Phi) is 4.23. The molecule has 5 nitrogen and oxygen atoms in total. The van der Waals surface area contributed by atoms with E-state index in [4.69, 9.17) is 5.10 Å². The maximum atomic E-state index is 14.9. The lowest BCUT2D eigenvalue weighted by Gasteiger charge is -2.35. The second kappa shape index (κ2) is 6.58. The van der Waals surface area contributed by atoms with E-state index in [1.807, 2.05) is 36.5 Å². The number of hydrogen-bond donors (Lipinski definition) is 0. The fraction of sp³-hybridized carbons (Fsp3) is 0.348. The number of benzene rings is 2. The second-order valence-corrected chi connectivity index (χ2v) is 11.0. The standard InChI is InChI=1S/C23H27N4OP/c1-23(2)19-13-7-8-14-20(19)25(3)22(23)21-17-24-27(18-11-5-4-6-12-18)29(21,28)26-15-9-10-16-26/h4-8,11-14,17H,9-10,15-16H2,1-3H3/b22-21+/t29-/m0/s1. The minimum Gasteiger partial charge on any atom is -0.346 e. The zero-order valence-electron chi connectivity index (χ0n) is 17.2. The molecule has 0 N–H and O–H groups in total. The average Bonchev–Trinajstić information content (AvgIpc) is 3.42. The van der Waals surface area contributed by atoms with Crippen LogP contribution in [0.4, 0.5) is 11.4 Å². The second-order valence-electron chi connectivity index (χ2n) is 8.51. The van der Waals surface area contributed by atoms with Gasteiger partial charge in [-0.25, -0.2) is 4.67 Å². The maximum Gasteiger partial charge on any atom is 0.292 e. The summed E-state index contributed by atoms with van der Waals surface area (Å²) in [5.41, 5.74) is 4.18. The molecule has 1 saturated heterocycles. The fourth-order valence-corrected chi connectivity index (χ4v) is 8.16. The van der Waals surface area contributed by atoms with E-state index < -0.39 is 7.44 Å². The number of para-hydroxylation sites is 2. The molecule has 2 aromatic rings. The van der Waals surface area contributed by atoms with Crippen LogP contribution in [0.25, 0.3) is 0 Å². The summed E-state index contributed by atoms with van der Waals surface area (Å²) in [4.78, 5) is 2.22. The van der Waals surface area contributed by atoms with Gasteiger partial charge in [0, 0.05) is 36.9 Å². The van der Waals surface area contributed by atoms with Gasteiger partial charge >= 0.3 is 0 Å². The molecule has 1 fully saturated rings. The van der Waals surface area contributed by atoms with E-state index in [-0.39, 0.29) is 5.41 Å². The van der Waals surface area contributed by atoms with E-state index in [0.717, 1.165) is 42.6 Å². The van der Waals surface area contributed by atoms with Gasteiger partial charge in [-0.15, -0.1) is 0 Å². The molecule has 0 spiro atoms. The molecule has 1 atom stereocenters. The third kappa shape index (κ3) is 2.57. The lowest BCUT2D eigenvalue weighted by atomic mass is 9.84. The number of allylic oxidation sites excluding steroid dienone is 2. The Bertz CT molecular complexity index is 1050. The molecule has 0 saturated carbocycles. The van der Waals surface area contributed by atoms with Crippen molar-refractivity contribution in [3.63, 3.8) is 0 Å². The lowest BCUT2D eigenvalue weighted by Crippen LogP contribution is -2.30. The lowest BCUT2D eigenvalue weighted by molar-refractivity contribution is 0.478. The van der Waals surface area contributed by atoms with Gasteiger partial charge in [0.2, 0.25) is 0 Å². The Morgan fingerprint density at radius 2 is 1.62 bits per heavy atom. The monoisotopic (exact) mass is 406 g/mol. The number of likely N-dealkylation sites (N-methyl/N-ethyl adjacent to an activating group) is 1. The van der Waals surface area contributed by atoms with Crippen molar-refractivity contribution in [3.05, 3.63) is 71.2 Å². The number of nitrogens with zero attached hydrogens (tertiary/aromatic N) is 4. The molecule has 0 aliphatic carbocycles. The Balaban J connectivity index is 1.73. The van der Waals surface area contributed by atoms with Crippen LogP contribution in [0.3, 0.4) is 0 Å². The fourth-order valence-electron chi connectivity index (χ4n) is 5.04. The summed E-state index contributed by atoms with van der Waals surface area (Å²) in [7, 11) is -0.986. The van der Waals surface area contributed by atoms with Gasteiger partial charge in [-0.1, -0.05) is 50.2 Å². The molecule has 150 valence electrons. The topological polar surface area (TPSA) is 39.1 Å². The first-order chi connectivity index (χ1) is 14.0. The summed E-state index contributed by atoms with van der Waals surface area (Å²) in [6.07, 6.45) is 4.01. The highest BCUT2D eigenvalue weighted by Crippen LogP contribution is 2.67. The van der Waals surface area contributed by atoms with Crippen LogP contribution in [-0.2, 0) is 9.98 Å². The zero-order chi connectivity index (χ0) is 20.2. The van der Waals surface area contributed by atoms with Crippen molar-refractivity contribution in [2.24, 2.45) is 5.10 Å². The third-order valence-corrected chi connectivity index (χ3v) is 9.39. The minimum atomic E-state index is -3.07. The molecular weight excluding hydrogens is 379 g/mol. The van der Waals surface area contributed by atoms with Gasteiger partial charge in [0.05, 0.1) is 17.2 Å². The summed E-state index contributed by atoms with van der Waals surface area (Å²) in [6, 6.07) is 18.4. The summed E-state index contributed by atoms with van der Waals surface area (Å²) < 4.78 is 18.8. The minimum absolute atomic E-state index is 0.241. The molecule has 0 bridgehead atoms. The van der Waals surface area contributed by atoms with E-state index in [2.05, 4.69) is 54.7 Å². The van der Waals surface area contributed by atoms with Crippen LogP contribution in [0.2, 0.25) is 0 Å². The number of hydrazone groups is 1. The molecule has 0 radical (unpaired) electrons. The average molecular weight is 406 g/mol. The van der Waals surface area contributed by atoms with Crippen LogP contribution in [0.5, 0.6) is 0 Å². The highest BCUT2D eigenvalue weighted by Gasteiger charge is 2.51. The van der Waals surface area contributed by atoms with Crippen LogP contribution in [0.1, 0.15) is 32.3 Å². The molecule has 0 unspecified atom stereocenters. The smallest absolute Gasteiger partial charge is 0.292 e. The quantitative estimate of drug-likeness (QED) is 0.624. The van der Waals surface area contributed by atoms with Crippen LogP contribution in [-0.4, -0.2) is 31.0 Å². The van der Waals surface area contributed by atoms with E-state index in [0.29, 0.717) is 0 Å². The van der Waals surface area contributed by atoms with Gasteiger partial charge in [-0.05, 0) is 36.6 Å². The van der Waals surface area contributed by atoms with E-state index in [9.17, 15) is 4.57 Å². The van der Waals surface area contributed by atoms with Crippen LogP contribution < -0.4 is 9.68 Å². The van der Waals surface area contributed by atoms with Crippen molar-refractivity contribution in [2.45, 2.75) is 32.1 Å². The van der Waals surface area contributed by atoms with Gasteiger partial charge in [0.25, 0.3) is 7.44 Å². The molecule has 0 aromatic heterocycles. The normalized spacial score (nSPS) is 28.4. The molecule has 6 heteroatoms. The molecule has 3 aliphatic heterocycles. The van der Waals surface area contributed by atoms with Crippen molar-refractivity contribution in [1.29, 1.82) is 0 Å². The van der Waals surface area contributed by atoms with Gasteiger partial charge < -0.3 is 4.90 Å². The first-order valence-corrected chi connectivity index (χ1v) is 11.9. The summed E-state index contributed by atoms with van der Waals surface area (Å²) >= 11 is 0. The van der Waals surface area contributed by atoms with E-state index in [1.54, 1.807) is 4.78 Å². The third-order valence-electron chi connectivity index (χ3n) is 6.42. The molecule has 5 rings (SSSR count). The predicted molar refractivity (Wildman–Crippen MR) is 121 cm³/mol. The van der Waals surface area contributed by atoms with Gasteiger partial charge in [0.15, 0.2) is 0 Å². The SMILES string of the molecule is CN1/C(=C2\C=NN(c3ccccc3)[P@@]2(=O)N2CCCC2)C(C)(C)c2ccccc21. The molecule has 3 aliphatic rings. The summed E-state index contributed by atoms with van der Waals surface area (Å²) in [5.74, 6) is 0. The predicted octanol–water partition coefficient (Wildman–Crippen LogP) is 5.42. The Morgan fingerprint density at radius 1 is 0.966 bits per heavy atom.